The molecule has 1 aromatic heterocycles. The van der Waals surface area contributed by atoms with Gasteiger partial charge in [-0.3, -0.25) is 9.59 Å². The third-order valence-corrected chi connectivity index (χ3v) is 4.77. The number of rotatable bonds is 6. The van der Waals surface area contributed by atoms with Crippen molar-refractivity contribution in [3.05, 3.63) is 114 Å². The number of hydrogen-bond acceptors (Lipinski definition) is 4. The van der Waals surface area contributed by atoms with E-state index in [1.165, 1.54) is 6.08 Å². The molecule has 0 saturated carbocycles. The molecule has 1 heterocycles. The van der Waals surface area contributed by atoms with Gasteiger partial charge < -0.3 is 15.4 Å². The lowest BCUT2D eigenvalue weighted by atomic mass is 10.2. The van der Waals surface area contributed by atoms with Crippen LogP contribution in [-0.4, -0.2) is 21.9 Å². The molecule has 0 aliphatic heterocycles. The molecule has 4 aromatic rings. The third-order valence-electron chi connectivity index (χ3n) is 4.77. The number of H-pyrrole nitrogens is 1. The maximum atomic E-state index is 12.8. The van der Waals surface area contributed by atoms with E-state index in [1.807, 2.05) is 36.4 Å². The Balaban J connectivity index is 1.61. The maximum Gasteiger partial charge on any atom is 0.311 e. The highest BCUT2D eigenvalue weighted by molar-refractivity contribution is 6.03. The molecule has 4 rings (SSSR count). The Morgan fingerprint density at radius 3 is 2.30 bits per heavy atom. The molecule has 7 nitrogen and oxygen atoms in total. The molecule has 0 saturated heterocycles. The fourth-order valence-corrected chi connectivity index (χ4v) is 3.13. The largest absolute Gasteiger partial charge is 0.493 e. The number of aromatic amines is 1. The molecule has 162 valence electrons. The number of aromatic nitrogens is 1. The molecule has 0 aliphatic rings. The molecule has 0 atom stereocenters. The van der Waals surface area contributed by atoms with E-state index in [1.54, 1.807) is 60.7 Å². The van der Waals surface area contributed by atoms with Crippen molar-refractivity contribution in [2.24, 2.45) is 10.2 Å². The van der Waals surface area contributed by atoms with E-state index in [9.17, 15) is 14.7 Å². The van der Waals surface area contributed by atoms with Crippen LogP contribution in [0.4, 0.5) is 5.69 Å². The lowest BCUT2D eigenvalue weighted by Gasteiger charge is -2.05. The zero-order chi connectivity index (χ0) is 23.0. The first kappa shape index (κ1) is 21.5. The molecule has 3 N–H and O–H groups in total. The minimum absolute atomic E-state index is 0.0564. The summed E-state index contributed by atoms with van der Waals surface area (Å²) in [6.45, 7) is 0. The molecule has 3 aromatic carbocycles. The Hall–Kier alpha value is -4.78. The number of fused-ring (bicyclic) bond motifs is 1. The van der Waals surface area contributed by atoms with Crippen LogP contribution < -0.4 is 5.32 Å². The van der Waals surface area contributed by atoms with Gasteiger partial charge in [-0.25, -0.2) is 0 Å². The van der Waals surface area contributed by atoms with Crippen molar-refractivity contribution in [2.45, 2.75) is 0 Å². The van der Waals surface area contributed by atoms with E-state index in [0.717, 1.165) is 5.56 Å². The quantitative estimate of drug-likeness (QED) is 0.211. The second-order valence-electron chi connectivity index (χ2n) is 7.04. The van der Waals surface area contributed by atoms with Crippen molar-refractivity contribution >= 4 is 34.5 Å². The fourth-order valence-electron chi connectivity index (χ4n) is 3.13. The Morgan fingerprint density at radius 2 is 1.55 bits per heavy atom. The van der Waals surface area contributed by atoms with E-state index in [0.29, 0.717) is 16.5 Å². The van der Waals surface area contributed by atoms with Crippen LogP contribution in [0.5, 0.6) is 5.88 Å². The average molecular weight is 436 g/mol. The van der Waals surface area contributed by atoms with Crippen LogP contribution in [0.3, 0.4) is 0 Å². The van der Waals surface area contributed by atoms with Crippen LogP contribution in [-0.2, 0) is 4.79 Å². The smallest absolute Gasteiger partial charge is 0.311 e. The van der Waals surface area contributed by atoms with E-state index < -0.39 is 11.8 Å². The fraction of sp³-hybridized carbons (Fsp3) is 0. The number of carbonyl (C=O) groups excluding carboxylic acids is 2. The van der Waals surface area contributed by atoms with Gasteiger partial charge in [-0.05, 0) is 29.8 Å². The molecule has 7 heteroatoms. The number of benzene rings is 3. The van der Waals surface area contributed by atoms with E-state index in [-0.39, 0.29) is 17.3 Å². The van der Waals surface area contributed by atoms with E-state index >= 15 is 0 Å². The minimum Gasteiger partial charge on any atom is -0.493 e. The molecule has 0 fully saturated rings. The van der Waals surface area contributed by atoms with Gasteiger partial charge in [-0.2, -0.15) is 0 Å². The van der Waals surface area contributed by atoms with Crippen molar-refractivity contribution in [1.29, 1.82) is 0 Å². The summed E-state index contributed by atoms with van der Waals surface area (Å²) >= 11 is 0. The number of para-hydroxylation sites is 1. The van der Waals surface area contributed by atoms with Crippen LogP contribution in [0.25, 0.3) is 17.0 Å². The first-order valence-corrected chi connectivity index (χ1v) is 10.2. The summed E-state index contributed by atoms with van der Waals surface area (Å²) in [5.41, 5.74) is 2.08. The van der Waals surface area contributed by atoms with Crippen LogP contribution in [0.1, 0.15) is 15.9 Å². The third kappa shape index (κ3) is 5.29. The summed E-state index contributed by atoms with van der Waals surface area (Å²) in [6, 6.07) is 25.2. The molecular weight excluding hydrogens is 416 g/mol. The van der Waals surface area contributed by atoms with Gasteiger partial charge in [0.2, 0.25) is 5.88 Å². The van der Waals surface area contributed by atoms with Gasteiger partial charge >= 0.3 is 5.91 Å². The van der Waals surface area contributed by atoms with Gasteiger partial charge in [-0.15, -0.1) is 10.2 Å². The van der Waals surface area contributed by atoms with Gasteiger partial charge in [0.1, 0.15) is 5.70 Å². The number of allylic oxidation sites excluding steroid dienone is 2. The number of hydrogen-bond donors (Lipinski definition) is 3. The number of amides is 2. The van der Waals surface area contributed by atoms with E-state index in [4.69, 9.17) is 0 Å². The molecule has 0 aliphatic carbocycles. The highest BCUT2D eigenvalue weighted by Gasteiger charge is 2.15. The predicted molar refractivity (Wildman–Crippen MR) is 127 cm³/mol. The topological polar surface area (TPSA) is 107 Å². The SMILES string of the molecule is O=C(N=Nc1c(O)[nH]c2ccccc12)/C(=C\C=C\c1ccccc1)NC(=O)c1ccccc1. The van der Waals surface area contributed by atoms with E-state index in [2.05, 4.69) is 20.5 Å². The highest BCUT2D eigenvalue weighted by atomic mass is 16.3. The molecule has 2 amide bonds. The Kier molecular flexibility index (Phi) is 6.51. The molecule has 33 heavy (non-hydrogen) atoms. The van der Waals surface area contributed by atoms with Gasteiger partial charge in [0.05, 0.1) is 5.52 Å². The highest BCUT2D eigenvalue weighted by Crippen LogP contribution is 2.35. The first-order valence-electron chi connectivity index (χ1n) is 10.2. The summed E-state index contributed by atoms with van der Waals surface area (Å²) < 4.78 is 0. The monoisotopic (exact) mass is 436 g/mol. The van der Waals surface area contributed by atoms with Crippen molar-refractivity contribution in [2.75, 3.05) is 0 Å². The van der Waals surface area contributed by atoms with Crippen molar-refractivity contribution in [3.8, 4) is 5.88 Å². The minimum atomic E-state index is -0.762. The molecule has 0 radical (unpaired) electrons. The molecular formula is C26H20N4O3. The average Bonchev–Trinajstić information content (AvgIpc) is 3.17. The summed E-state index contributed by atoms with van der Waals surface area (Å²) in [4.78, 5) is 28.2. The van der Waals surface area contributed by atoms with Crippen molar-refractivity contribution < 1.29 is 14.7 Å². The summed E-state index contributed by atoms with van der Waals surface area (Å²) in [6.07, 6.45) is 4.90. The Labute approximate surface area is 189 Å². The normalized spacial score (nSPS) is 11.9. The zero-order valence-corrected chi connectivity index (χ0v) is 17.5. The molecule has 0 bridgehead atoms. The Morgan fingerprint density at radius 1 is 0.879 bits per heavy atom. The zero-order valence-electron chi connectivity index (χ0n) is 17.5. The van der Waals surface area contributed by atoms with Crippen LogP contribution >= 0.6 is 0 Å². The van der Waals surface area contributed by atoms with Gasteiger partial charge in [0.25, 0.3) is 5.91 Å². The summed E-state index contributed by atoms with van der Waals surface area (Å²) in [7, 11) is 0. The standard InChI is InChI=1S/C26H20N4O3/c31-24(19-13-5-2-6-14-19)28-22(17-9-12-18-10-3-1-4-11-18)25(32)30-29-23-20-15-7-8-16-21(20)27-26(23)33/h1-17,27,33H,(H,28,31)/b12-9+,22-17+,30-29?. The lowest BCUT2D eigenvalue weighted by Crippen LogP contribution is -2.26. The van der Waals surface area contributed by atoms with Crippen LogP contribution in [0.2, 0.25) is 0 Å². The van der Waals surface area contributed by atoms with Crippen LogP contribution in [0, 0.1) is 0 Å². The number of carbonyl (C=O) groups is 2. The lowest BCUT2D eigenvalue weighted by molar-refractivity contribution is -0.115. The number of nitrogens with zero attached hydrogens (tertiary/aromatic N) is 2. The second-order valence-corrected chi connectivity index (χ2v) is 7.04. The van der Waals surface area contributed by atoms with Crippen LogP contribution in [0.15, 0.2) is 113 Å². The van der Waals surface area contributed by atoms with Gasteiger partial charge in [0.15, 0.2) is 5.69 Å². The van der Waals surface area contributed by atoms with Crippen molar-refractivity contribution in [1.82, 2.24) is 10.3 Å². The summed E-state index contributed by atoms with van der Waals surface area (Å²) in [5.74, 6) is -1.41. The maximum absolute atomic E-state index is 12.8. The summed E-state index contributed by atoms with van der Waals surface area (Å²) in [5, 5.41) is 21.0. The molecule has 0 spiro atoms. The first-order chi connectivity index (χ1) is 16.1. The number of azo groups is 1. The second kappa shape index (κ2) is 10.0. The Bertz CT molecular complexity index is 1370. The number of nitrogens with one attached hydrogen (secondary N) is 2. The number of aromatic hydroxyl groups is 1. The predicted octanol–water partition coefficient (Wildman–Crippen LogP) is 5.51. The van der Waals surface area contributed by atoms with Gasteiger partial charge in [0, 0.05) is 10.9 Å². The molecule has 0 unspecified atom stereocenters. The van der Waals surface area contributed by atoms with Gasteiger partial charge in [-0.1, -0.05) is 78.9 Å². The van der Waals surface area contributed by atoms with Crippen molar-refractivity contribution in [3.63, 3.8) is 0 Å².